The molecule has 3 heterocycles. The number of amides is 1. The van der Waals surface area contributed by atoms with Crippen LogP contribution in [0, 0.1) is 11.6 Å². The number of carbonyl (C=O) groups is 4. The van der Waals surface area contributed by atoms with Crippen molar-refractivity contribution in [2.75, 3.05) is 24.2 Å². The molecule has 5 aromatic rings. The number of ether oxygens (including phenoxy) is 4. The van der Waals surface area contributed by atoms with Crippen molar-refractivity contribution in [2.45, 2.75) is 64.5 Å². The molecule has 0 aliphatic carbocycles. The zero-order valence-electron chi connectivity index (χ0n) is 32.5. The van der Waals surface area contributed by atoms with E-state index in [2.05, 4.69) is 15.4 Å². The molecule has 2 N–H and O–H groups in total. The smallest absolute Gasteiger partial charge is 0.408 e. The Balaban J connectivity index is 1.24. The number of sulfonamides is 1. The molecule has 2 atom stereocenters. The van der Waals surface area contributed by atoms with Crippen LogP contribution < -0.4 is 10.0 Å². The van der Waals surface area contributed by atoms with Crippen LogP contribution in [-0.4, -0.2) is 78.1 Å². The van der Waals surface area contributed by atoms with Crippen LogP contribution in [0.4, 0.5) is 19.3 Å². The molecular weight excluding hydrogens is 793 g/mol. The van der Waals surface area contributed by atoms with Gasteiger partial charge in [-0.15, -0.1) is 0 Å². The van der Waals surface area contributed by atoms with Gasteiger partial charge in [-0.2, -0.15) is 5.10 Å². The van der Waals surface area contributed by atoms with Crippen LogP contribution in [0.5, 0.6) is 0 Å². The van der Waals surface area contributed by atoms with Crippen molar-refractivity contribution in [2.24, 2.45) is 0 Å². The minimum absolute atomic E-state index is 0.0834. The first-order valence-corrected chi connectivity index (χ1v) is 20.3. The fraction of sp³-hybridized carbons (Fsp3) is 0.317. The van der Waals surface area contributed by atoms with E-state index in [0.29, 0.717) is 29.7 Å². The molecular formula is C41H41F2N5O10S. The van der Waals surface area contributed by atoms with E-state index in [1.807, 2.05) is 6.07 Å². The van der Waals surface area contributed by atoms with Crippen molar-refractivity contribution in [1.82, 2.24) is 20.1 Å². The third kappa shape index (κ3) is 10.6. The highest BCUT2D eigenvalue weighted by Crippen LogP contribution is 2.33. The number of aromatic nitrogens is 3. The van der Waals surface area contributed by atoms with Gasteiger partial charge < -0.3 is 24.3 Å². The van der Waals surface area contributed by atoms with E-state index in [9.17, 15) is 32.0 Å². The monoisotopic (exact) mass is 833 g/mol. The van der Waals surface area contributed by atoms with E-state index in [0.717, 1.165) is 31.2 Å². The summed E-state index contributed by atoms with van der Waals surface area (Å²) >= 11 is 0. The lowest BCUT2D eigenvalue weighted by Crippen LogP contribution is -2.47. The molecule has 1 aliphatic rings. The van der Waals surface area contributed by atoms with Gasteiger partial charge in [-0.25, -0.2) is 41.2 Å². The Morgan fingerprint density at radius 3 is 2.36 bits per heavy atom. The number of hydrogen-bond acceptors (Lipinski definition) is 12. The lowest BCUT2D eigenvalue weighted by molar-refractivity contribution is -0.148. The SMILES string of the molecule is CC(C)(C)OC(=O)N[C@@H](COC(=O)c1ccc(-c2cnc3c(c2)c(C(=O)c2ccc(F)c(NS(C)(=O)=O)c2F)nn3C2CCCCO2)cc1)C(=O)OCc1ccccc1. The number of anilines is 1. The van der Waals surface area contributed by atoms with E-state index in [1.165, 1.54) is 23.0 Å². The first kappa shape index (κ1) is 42.3. The second kappa shape index (κ2) is 17.7. The molecule has 59 heavy (non-hydrogen) atoms. The summed E-state index contributed by atoms with van der Waals surface area (Å²) in [5, 5.41) is 7.09. The Hall–Kier alpha value is -6.27. The number of alkyl carbamates (subject to hydrolysis) is 1. The molecule has 0 saturated carbocycles. The second-order valence-electron chi connectivity index (χ2n) is 14.7. The highest BCUT2D eigenvalue weighted by atomic mass is 32.2. The lowest BCUT2D eigenvalue weighted by Gasteiger charge is -2.23. The largest absolute Gasteiger partial charge is 0.459 e. The topological polar surface area (TPSA) is 194 Å². The highest BCUT2D eigenvalue weighted by Gasteiger charge is 2.30. The lowest BCUT2D eigenvalue weighted by atomic mass is 10.0. The van der Waals surface area contributed by atoms with Gasteiger partial charge in [-0.05, 0) is 81.5 Å². The summed E-state index contributed by atoms with van der Waals surface area (Å²) in [6.07, 6.45) is 2.94. The Kier molecular flexibility index (Phi) is 12.7. The summed E-state index contributed by atoms with van der Waals surface area (Å²) in [6.45, 7) is 4.74. The van der Waals surface area contributed by atoms with Crippen molar-refractivity contribution < 1.29 is 55.3 Å². The Labute approximate surface area is 338 Å². The van der Waals surface area contributed by atoms with Gasteiger partial charge >= 0.3 is 18.0 Å². The van der Waals surface area contributed by atoms with Crippen molar-refractivity contribution in [3.63, 3.8) is 0 Å². The van der Waals surface area contributed by atoms with Gasteiger partial charge in [-0.3, -0.25) is 9.52 Å². The average molecular weight is 834 g/mol. The molecule has 2 aromatic heterocycles. The summed E-state index contributed by atoms with van der Waals surface area (Å²) in [4.78, 5) is 57.2. The molecule has 0 spiro atoms. The van der Waals surface area contributed by atoms with Gasteiger partial charge in [0, 0.05) is 18.4 Å². The number of nitrogens with one attached hydrogen (secondary N) is 2. The van der Waals surface area contributed by atoms with E-state index >= 15 is 4.39 Å². The second-order valence-corrected chi connectivity index (χ2v) is 16.4. The molecule has 3 aromatic carbocycles. The van der Waals surface area contributed by atoms with E-state index in [1.54, 1.807) is 68.0 Å². The quantitative estimate of drug-likeness (QED) is 0.0747. The molecule has 1 amide bonds. The van der Waals surface area contributed by atoms with Gasteiger partial charge in [0.05, 0.1) is 22.8 Å². The fourth-order valence-corrected chi connectivity index (χ4v) is 6.65. The zero-order valence-corrected chi connectivity index (χ0v) is 33.3. The first-order valence-electron chi connectivity index (χ1n) is 18.5. The summed E-state index contributed by atoms with van der Waals surface area (Å²) < 4.78 is 79.0. The minimum Gasteiger partial charge on any atom is -0.459 e. The van der Waals surface area contributed by atoms with Crippen LogP contribution in [-0.2, 0) is 40.4 Å². The van der Waals surface area contributed by atoms with Gasteiger partial charge in [0.1, 0.15) is 36.0 Å². The van der Waals surface area contributed by atoms with Gasteiger partial charge in [0.15, 0.2) is 23.7 Å². The van der Waals surface area contributed by atoms with Gasteiger partial charge in [0.25, 0.3) is 0 Å². The maximum Gasteiger partial charge on any atom is 0.408 e. The normalized spacial score (nSPS) is 14.9. The zero-order chi connectivity index (χ0) is 42.5. The molecule has 15 nitrogen and oxygen atoms in total. The van der Waals surface area contributed by atoms with Crippen LogP contribution in [0.3, 0.4) is 0 Å². The third-order valence-corrected chi connectivity index (χ3v) is 9.42. The predicted molar refractivity (Wildman–Crippen MR) is 210 cm³/mol. The van der Waals surface area contributed by atoms with Crippen molar-refractivity contribution >= 4 is 50.6 Å². The maximum atomic E-state index is 15.6. The molecule has 0 radical (unpaired) electrons. The fourth-order valence-electron chi connectivity index (χ4n) is 6.09. The molecule has 1 fully saturated rings. The van der Waals surface area contributed by atoms with Crippen molar-refractivity contribution in [3.8, 4) is 11.1 Å². The maximum absolute atomic E-state index is 15.6. The number of fused-ring (bicyclic) bond motifs is 1. The summed E-state index contributed by atoms with van der Waals surface area (Å²) in [5.41, 5.74) is -0.683. The molecule has 0 bridgehead atoms. The molecule has 1 saturated heterocycles. The summed E-state index contributed by atoms with van der Waals surface area (Å²) in [6, 6.07) is 16.9. The molecule has 310 valence electrons. The Morgan fingerprint density at radius 2 is 1.69 bits per heavy atom. The Bertz CT molecular complexity index is 2480. The molecule has 6 rings (SSSR count). The van der Waals surface area contributed by atoms with Crippen LogP contribution in [0.1, 0.15) is 78.2 Å². The number of carbonyl (C=O) groups excluding carboxylic acids is 4. The van der Waals surface area contributed by atoms with Crippen LogP contribution >= 0.6 is 0 Å². The number of esters is 2. The molecule has 18 heteroatoms. The van der Waals surface area contributed by atoms with E-state index in [4.69, 9.17) is 18.9 Å². The average Bonchev–Trinajstić information content (AvgIpc) is 3.58. The van der Waals surface area contributed by atoms with Gasteiger partial charge in [0.2, 0.25) is 15.8 Å². The first-order chi connectivity index (χ1) is 28.0. The van der Waals surface area contributed by atoms with Crippen molar-refractivity contribution in [3.05, 3.63) is 113 Å². The van der Waals surface area contributed by atoms with Crippen LogP contribution in [0.15, 0.2) is 79.0 Å². The Morgan fingerprint density at radius 1 is 0.966 bits per heavy atom. The van der Waals surface area contributed by atoms with Crippen LogP contribution in [0.2, 0.25) is 0 Å². The summed E-state index contributed by atoms with van der Waals surface area (Å²) in [7, 11) is -4.11. The number of rotatable bonds is 13. The molecule has 1 unspecified atom stereocenters. The number of hydrogen-bond donors (Lipinski definition) is 2. The minimum atomic E-state index is -4.11. The van der Waals surface area contributed by atoms with Gasteiger partial charge in [-0.1, -0.05) is 42.5 Å². The number of benzene rings is 3. The number of halogens is 2. The highest BCUT2D eigenvalue weighted by molar-refractivity contribution is 7.92. The third-order valence-electron chi connectivity index (χ3n) is 8.85. The number of ketones is 1. The number of nitrogens with zero attached hydrogens (tertiary/aromatic N) is 3. The molecule has 1 aliphatic heterocycles. The standard InChI is InChI=1S/C41H41F2N5O10S/c1-41(2,3)58-40(52)45-31(39(51)56-22-24-10-6-5-7-11-24)23-57-38(50)26-15-13-25(14-16-26)27-20-29-34(46-48(37(29)44-21-27)32-12-8-9-19-55-32)36(49)28-17-18-30(42)35(33(28)43)47-59(4,53)54/h5-7,10-11,13-18,20-21,31-32,47H,8-9,12,19,22-23H2,1-4H3,(H,45,52)/t31-,32?/m0/s1. The predicted octanol–water partition coefficient (Wildman–Crippen LogP) is 6.47. The number of pyridine rings is 1. The van der Waals surface area contributed by atoms with Crippen molar-refractivity contribution in [1.29, 1.82) is 0 Å². The summed E-state index contributed by atoms with van der Waals surface area (Å²) in [5.74, 6) is -5.26. The van der Waals surface area contributed by atoms with E-state index < -0.39 is 81.2 Å². The van der Waals surface area contributed by atoms with E-state index in [-0.39, 0.29) is 28.9 Å². The van der Waals surface area contributed by atoms with Crippen LogP contribution in [0.25, 0.3) is 22.2 Å².